The number of alkyl halides is 3. The van der Waals surface area contributed by atoms with Crippen LogP contribution in [0.15, 0.2) is 36.4 Å². The SMILES string of the molecule is Cc1cc(C)c2nc(NC(=O)c3ccc(C(F)(F)F)cc3)sc2c1. The van der Waals surface area contributed by atoms with Crippen LogP contribution >= 0.6 is 11.3 Å². The van der Waals surface area contributed by atoms with Gasteiger partial charge in [-0.2, -0.15) is 13.2 Å². The molecule has 0 aliphatic carbocycles. The number of fused-ring (bicyclic) bond motifs is 1. The molecule has 1 amide bonds. The van der Waals surface area contributed by atoms with Crippen LogP contribution in [0.3, 0.4) is 0 Å². The van der Waals surface area contributed by atoms with E-state index in [1.807, 2.05) is 26.0 Å². The fraction of sp³-hybridized carbons (Fsp3) is 0.176. The summed E-state index contributed by atoms with van der Waals surface area (Å²) in [5.74, 6) is -0.489. The third-order valence-corrected chi connectivity index (χ3v) is 4.44. The summed E-state index contributed by atoms with van der Waals surface area (Å²) < 4.78 is 38.6. The fourth-order valence-corrected chi connectivity index (χ4v) is 3.44. The number of halogens is 3. The maximum atomic E-state index is 12.5. The Morgan fingerprint density at radius 3 is 2.42 bits per heavy atom. The van der Waals surface area contributed by atoms with Crippen molar-refractivity contribution in [2.45, 2.75) is 20.0 Å². The van der Waals surface area contributed by atoms with Crippen molar-refractivity contribution in [3.8, 4) is 0 Å². The van der Waals surface area contributed by atoms with Crippen LogP contribution in [-0.4, -0.2) is 10.9 Å². The van der Waals surface area contributed by atoms with Crippen molar-refractivity contribution >= 4 is 32.6 Å². The van der Waals surface area contributed by atoms with Gasteiger partial charge in [0.2, 0.25) is 0 Å². The maximum absolute atomic E-state index is 12.5. The molecule has 0 unspecified atom stereocenters. The van der Waals surface area contributed by atoms with Crippen LogP contribution in [0, 0.1) is 13.8 Å². The van der Waals surface area contributed by atoms with E-state index in [-0.39, 0.29) is 5.56 Å². The van der Waals surface area contributed by atoms with Crippen LogP contribution in [0.25, 0.3) is 10.2 Å². The average Bonchev–Trinajstić information content (AvgIpc) is 2.89. The van der Waals surface area contributed by atoms with Gasteiger partial charge in [-0.25, -0.2) is 4.98 Å². The van der Waals surface area contributed by atoms with E-state index in [1.54, 1.807) is 0 Å². The Morgan fingerprint density at radius 2 is 1.79 bits per heavy atom. The number of nitrogens with zero attached hydrogens (tertiary/aromatic N) is 1. The second-order valence-electron chi connectivity index (χ2n) is 5.48. The predicted octanol–water partition coefficient (Wildman–Crippen LogP) is 5.18. The number of hydrogen-bond acceptors (Lipinski definition) is 3. The lowest BCUT2D eigenvalue weighted by molar-refractivity contribution is -0.137. The number of nitrogens with one attached hydrogen (secondary N) is 1. The zero-order chi connectivity index (χ0) is 17.5. The molecule has 3 nitrogen and oxygen atoms in total. The minimum atomic E-state index is -4.42. The number of aromatic nitrogens is 1. The van der Waals surface area contributed by atoms with Crippen molar-refractivity contribution in [1.82, 2.24) is 4.98 Å². The average molecular weight is 350 g/mol. The first-order chi connectivity index (χ1) is 11.2. The van der Waals surface area contributed by atoms with Crippen LogP contribution in [0.2, 0.25) is 0 Å². The molecule has 1 N–H and O–H groups in total. The first kappa shape index (κ1) is 16.4. The number of aryl methyl sites for hydroxylation is 2. The van der Waals surface area contributed by atoms with Gasteiger partial charge in [-0.1, -0.05) is 17.4 Å². The molecule has 0 bridgehead atoms. The summed E-state index contributed by atoms with van der Waals surface area (Å²) in [6.07, 6.45) is -4.42. The Balaban J connectivity index is 1.83. The molecule has 0 aliphatic rings. The molecule has 24 heavy (non-hydrogen) atoms. The molecule has 3 aromatic rings. The molecule has 1 heterocycles. The smallest absolute Gasteiger partial charge is 0.298 e. The number of amides is 1. The number of thiazole rings is 1. The summed E-state index contributed by atoms with van der Waals surface area (Å²) in [6.45, 7) is 3.92. The summed E-state index contributed by atoms with van der Waals surface area (Å²) in [7, 11) is 0. The van der Waals surface area contributed by atoms with Gasteiger partial charge in [0.05, 0.1) is 15.8 Å². The number of anilines is 1. The van der Waals surface area contributed by atoms with Crippen LogP contribution in [0.1, 0.15) is 27.0 Å². The van der Waals surface area contributed by atoms with E-state index in [9.17, 15) is 18.0 Å². The van der Waals surface area contributed by atoms with E-state index >= 15 is 0 Å². The second kappa shape index (κ2) is 5.90. The van der Waals surface area contributed by atoms with Crippen molar-refractivity contribution in [2.75, 3.05) is 5.32 Å². The normalized spacial score (nSPS) is 11.7. The van der Waals surface area contributed by atoms with Gasteiger partial charge >= 0.3 is 6.18 Å². The van der Waals surface area contributed by atoms with Crippen LogP contribution < -0.4 is 5.32 Å². The molecule has 1 aromatic heterocycles. The van der Waals surface area contributed by atoms with Crippen molar-refractivity contribution in [3.63, 3.8) is 0 Å². The van der Waals surface area contributed by atoms with Gasteiger partial charge in [0, 0.05) is 5.56 Å². The summed E-state index contributed by atoms with van der Waals surface area (Å²) in [4.78, 5) is 16.6. The van der Waals surface area contributed by atoms with Crippen LogP contribution in [0.4, 0.5) is 18.3 Å². The van der Waals surface area contributed by atoms with E-state index < -0.39 is 17.6 Å². The molecule has 124 valence electrons. The molecular weight excluding hydrogens is 337 g/mol. The van der Waals surface area contributed by atoms with Gasteiger partial charge < -0.3 is 0 Å². The zero-order valence-electron chi connectivity index (χ0n) is 12.9. The van der Waals surface area contributed by atoms with E-state index in [4.69, 9.17) is 0 Å². The number of carbonyl (C=O) groups excluding carboxylic acids is 1. The largest absolute Gasteiger partial charge is 0.416 e. The highest BCUT2D eigenvalue weighted by Crippen LogP contribution is 2.31. The lowest BCUT2D eigenvalue weighted by Gasteiger charge is -2.07. The van der Waals surface area contributed by atoms with Crippen molar-refractivity contribution < 1.29 is 18.0 Å². The van der Waals surface area contributed by atoms with E-state index in [1.165, 1.54) is 11.3 Å². The van der Waals surface area contributed by atoms with E-state index in [0.717, 1.165) is 45.6 Å². The molecule has 0 fully saturated rings. The van der Waals surface area contributed by atoms with Gasteiger partial charge in [-0.15, -0.1) is 0 Å². The third-order valence-electron chi connectivity index (χ3n) is 3.52. The summed E-state index contributed by atoms with van der Waals surface area (Å²) in [5.41, 5.74) is 2.29. The molecule has 3 rings (SSSR count). The first-order valence-corrected chi connectivity index (χ1v) is 7.92. The maximum Gasteiger partial charge on any atom is 0.416 e. The lowest BCUT2D eigenvalue weighted by Crippen LogP contribution is -2.12. The molecule has 0 radical (unpaired) electrons. The molecule has 7 heteroatoms. The van der Waals surface area contributed by atoms with Crippen LogP contribution in [-0.2, 0) is 6.18 Å². The van der Waals surface area contributed by atoms with Gasteiger partial charge in [-0.05, 0) is 55.3 Å². The molecule has 0 saturated carbocycles. The van der Waals surface area contributed by atoms with Crippen molar-refractivity contribution in [2.24, 2.45) is 0 Å². The zero-order valence-corrected chi connectivity index (χ0v) is 13.7. The van der Waals surface area contributed by atoms with E-state index in [2.05, 4.69) is 10.3 Å². The molecule has 0 spiro atoms. The van der Waals surface area contributed by atoms with Gasteiger partial charge in [0.15, 0.2) is 5.13 Å². The lowest BCUT2D eigenvalue weighted by atomic mass is 10.1. The Labute approximate surface area is 140 Å². The Kier molecular flexibility index (Phi) is 4.04. The van der Waals surface area contributed by atoms with Crippen molar-refractivity contribution in [3.05, 3.63) is 58.7 Å². The standard InChI is InChI=1S/C17H13F3N2OS/c1-9-7-10(2)14-13(8-9)24-16(21-14)22-15(23)11-3-5-12(6-4-11)17(18,19)20/h3-8H,1-2H3,(H,21,22,23). The minimum Gasteiger partial charge on any atom is -0.298 e. The van der Waals surface area contributed by atoms with E-state index in [0.29, 0.717) is 5.13 Å². The van der Waals surface area contributed by atoms with Gasteiger partial charge in [0.25, 0.3) is 5.91 Å². The summed E-state index contributed by atoms with van der Waals surface area (Å²) >= 11 is 1.33. The van der Waals surface area contributed by atoms with Gasteiger partial charge in [0.1, 0.15) is 0 Å². The second-order valence-corrected chi connectivity index (χ2v) is 6.51. The molecule has 0 saturated heterocycles. The number of carbonyl (C=O) groups is 1. The summed E-state index contributed by atoms with van der Waals surface area (Å²) in [6, 6.07) is 8.07. The number of rotatable bonds is 2. The Hall–Kier alpha value is -2.41. The highest BCUT2D eigenvalue weighted by atomic mass is 32.1. The highest BCUT2D eigenvalue weighted by Gasteiger charge is 2.30. The highest BCUT2D eigenvalue weighted by molar-refractivity contribution is 7.22. The molecule has 0 aliphatic heterocycles. The van der Waals surface area contributed by atoms with Crippen LogP contribution in [0.5, 0.6) is 0 Å². The molecular formula is C17H13F3N2OS. The predicted molar refractivity (Wildman–Crippen MR) is 88.5 cm³/mol. The number of benzene rings is 2. The third kappa shape index (κ3) is 3.26. The molecule has 0 atom stereocenters. The fourth-order valence-electron chi connectivity index (χ4n) is 2.40. The number of hydrogen-bond donors (Lipinski definition) is 1. The minimum absolute atomic E-state index is 0.148. The van der Waals surface area contributed by atoms with Crippen molar-refractivity contribution in [1.29, 1.82) is 0 Å². The topological polar surface area (TPSA) is 42.0 Å². The first-order valence-electron chi connectivity index (χ1n) is 7.10. The molecule has 2 aromatic carbocycles. The Morgan fingerprint density at radius 1 is 1.12 bits per heavy atom. The monoisotopic (exact) mass is 350 g/mol. The summed E-state index contributed by atoms with van der Waals surface area (Å²) in [5, 5.41) is 3.06. The Bertz CT molecular complexity index is 914. The van der Waals surface area contributed by atoms with Gasteiger partial charge in [-0.3, -0.25) is 10.1 Å². The quantitative estimate of drug-likeness (QED) is 0.691.